The Morgan fingerprint density at radius 1 is 1.30 bits per heavy atom. The van der Waals surface area contributed by atoms with E-state index >= 15 is 0 Å². The number of carbonyl (C=O) groups is 1. The first-order valence-electron chi connectivity index (χ1n) is 7.04. The second kappa shape index (κ2) is 7.20. The third-order valence-electron chi connectivity index (χ3n) is 3.12. The molecule has 1 aromatic carbocycles. The highest BCUT2D eigenvalue weighted by molar-refractivity contribution is 5.95. The van der Waals surface area contributed by atoms with Crippen LogP contribution in [0.2, 0.25) is 0 Å². The van der Waals surface area contributed by atoms with Gasteiger partial charge in [0.05, 0.1) is 6.04 Å². The standard InChI is InChI=1S/C16H25N3O/c1-10(2)15(20)14(19-11(3)4)9-12-6-5-7-13(8-12)16(17)18/h5-8,10-11,14,19H,9H2,1-4H3,(H3,17,18). The van der Waals surface area contributed by atoms with Gasteiger partial charge in [-0.15, -0.1) is 0 Å². The Labute approximate surface area is 121 Å². The zero-order valence-electron chi connectivity index (χ0n) is 12.7. The Bertz CT molecular complexity index is 480. The number of hydrogen-bond donors (Lipinski definition) is 3. The Morgan fingerprint density at radius 3 is 2.45 bits per heavy atom. The van der Waals surface area contributed by atoms with Gasteiger partial charge < -0.3 is 11.1 Å². The molecule has 4 nitrogen and oxygen atoms in total. The van der Waals surface area contributed by atoms with E-state index in [-0.39, 0.29) is 29.6 Å². The molecule has 20 heavy (non-hydrogen) atoms. The molecule has 0 saturated heterocycles. The van der Waals surface area contributed by atoms with Gasteiger partial charge in [-0.1, -0.05) is 45.9 Å². The molecule has 1 rings (SSSR count). The van der Waals surface area contributed by atoms with Crippen molar-refractivity contribution < 1.29 is 4.79 Å². The van der Waals surface area contributed by atoms with E-state index in [4.69, 9.17) is 11.1 Å². The largest absolute Gasteiger partial charge is 0.384 e. The molecule has 0 aromatic heterocycles. The van der Waals surface area contributed by atoms with Crippen molar-refractivity contribution in [3.8, 4) is 0 Å². The Hall–Kier alpha value is -1.68. The molecule has 0 aliphatic heterocycles. The van der Waals surface area contributed by atoms with Crippen LogP contribution >= 0.6 is 0 Å². The minimum atomic E-state index is -0.197. The lowest BCUT2D eigenvalue weighted by atomic mass is 9.94. The van der Waals surface area contributed by atoms with E-state index in [9.17, 15) is 4.79 Å². The fourth-order valence-electron chi connectivity index (χ4n) is 2.15. The second-order valence-corrected chi connectivity index (χ2v) is 5.75. The van der Waals surface area contributed by atoms with E-state index in [1.807, 2.05) is 45.9 Å². The highest BCUT2D eigenvalue weighted by atomic mass is 16.1. The molecule has 0 saturated carbocycles. The number of hydrogen-bond acceptors (Lipinski definition) is 3. The minimum Gasteiger partial charge on any atom is -0.384 e. The smallest absolute Gasteiger partial charge is 0.152 e. The van der Waals surface area contributed by atoms with Gasteiger partial charge in [0, 0.05) is 17.5 Å². The molecule has 0 aliphatic carbocycles. The van der Waals surface area contributed by atoms with Gasteiger partial charge in [-0.05, 0) is 18.1 Å². The van der Waals surface area contributed by atoms with Gasteiger partial charge in [0.25, 0.3) is 0 Å². The summed E-state index contributed by atoms with van der Waals surface area (Å²) in [7, 11) is 0. The van der Waals surface area contributed by atoms with E-state index < -0.39 is 0 Å². The number of nitrogens with one attached hydrogen (secondary N) is 2. The van der Waals surface area contributed by atoms with Crippen LogP contribution in [-0.4, -0.2) is 23.7 Å². The summed E-state index contributed by atoms with van der Waals surface area (Å²) in [5, 5.41) is 10.8. The summed E-state index contributed by atoms with van der Waals surface area (Å²) in [5.41, 5.74) is 7.22. The maximum absolute atomic E-state index is 12.3. The first-order chi connectivity index (χ1) is 9.31. The summed E-state index contributed by atoms with van der Waals surface area (Å²) < 4.78 is 0. The van der Waals surface area contributed by atoms with Crippen molar-refractivity contribution in [1.29, 1.82) is 5.41 Å². The van der Waals surface area contributed by atoms with Crippen LogP contribution < -0.4 is 11.1 Å². The summed E-state index contributed by atoms with van der Waals surface area (Å²) in [6.07, 6.45) is 0.621. The monoisotopic (exact) mass is 275 g/mol. The Kier molecular flexibility index (Phi) is 5.89. The Balaban J connectivity index is 2.91. The molecule has 110 valence electrons. The summed E-state index contributed by atoms with van der Waals surface area (Å²) >= 11 is 0. The summed E-state index contributed by atoms with van der Waals surface area (Å²) in [6, 6.07) is 7.58. The lowest BCUT2D eigenvalue weighted by molar-refractivity contribution is -0.124. The van der Waals surface area contributed by atoms with E-state index in [0.29, 0.717) is 12.0 Å². The highest BCUT2D eigenvalue weighted by Crippen LogP contribution is 2.11. The van der Waals surface area contributed by atoms with Gasteiger partial charge in [-0.2, -0.15) is 0 Å². The van der Waals surface area contributed by atoms with Crippen LogP contribution in [0.15, 0.2) is 24.3 Å². The van der Waals surface area contributed by atoms with E-state index in [0.717, 1.165) is 5.56 Å². The molecule has 0 aliphatic rings. The quantitative estimate of drug-likeness (QED) is 0.526. The zero-order chi connectivity index (χ0) is 15.3. The molecule has 1 atom stereocenters. The van der Waals surface area contributed by atoms with Crippen molar-refractivity contribution in [2.24, 2.45) is 11.7 Å². The van der Waals surface area contributed by atoms with Crippen molar-refractivity contribution in [3.63, 3.8) is 0 Å². The van der Waals surface area contributed by atoms with Gasteiger partial charge in [-0.25, -0.2) is 0 Å². The van der Waals surface area contributed by atoms with Crippen LogP contribution in [0.5, 0.6) is 0 Å². The maximum Gasteiger partial charge on any atom is 0.152 e. The van der Waals surface area contributed by atoms with E-state index in [2.05, 4.69) is 5.32 Å². The van der Waals surface area contributed by atoms with E-state index in [1.165, 1.54) is 0 Å². The lowest BCUT2D eigenvalue weighted by Crippen LogP contribution is -2.44. The number of nitrogens with two attached hydrogens (primary N) is 1. The first kappa shape index (κ1) is 16.4. The maximum atomic E-state index is 12.3. The number of ketones is 1. The molecule has 0 amide bonds. The van der Waals surface area contributed by atoms with Crippen LogP contribution in [0.3, 0.4) is 0 Å². The highest BCUT2D eigenvalue weighted by Gasteiger charge is 2.22. The fraction of sp³-hybridized carbons (Fsp3) is 0.500. The molecule has 0 bridgehead atoms. The van der Waals surface area contributed by atoms with Gasteiger partial charge in [0.1, 0.15) is 5.84 Å². The number of benzene rings is 1. The molecule has 0 radical (unpaired) electrons. The average Bonchev–Trinajstić information content (AvgIpc) is 2.36. The van der Waals surface area contributed by atoms with Crippen LogP contribution in [0.4, 0.5) is 0 Å². The molecule has 0 fully saturated rings. The van der Waals surface area contributed by atoms with Gasteiger partial charge in [0.2, 0.25) is 0 Å². The second-order valence-electron chi connectivity index (χ2n) is 5.75. The number of nitrogen functional groups attached to an aromatic ring is 1. The summed E-state index contributed by atoms with van der Waals surface area (Å²) in [5.74, 6) is 0.268. The fourth-order valence-corrected chi connectivity index (χ4v) is 2.15. The van der Waals surface area contributed by atoms with Crippen molar-refractivity contribution in [2.45, 2.75) is 46.2 Å². The number of rotatable bonds is 7. The number of carbonyl (C=O) groups excluding carboxylic acids is 1. The van der Waals surface area contributed by atoms with Gasteiger partial charge in [-0.3, -0.25) is 10.2 Å². The molecule has 4 N–H and O–H groups in total. The third-order valence-corrected chi connectivity index (χ3v) is 3.12. The van der Waals surface area contributed by atoms with Crippen LogP contribution in [0.1, 0.15) is 38.8 Å². The molecule has 1 unspecified atom stereocenters. The van der Waals surface area contributed by atoms with E-state index in [1.54, 1.807) is 6.07 Å². The normalized spacial score (nSPS) is 12.7. The van der Waals surface area contributed by atoms with Crippen LogP contribution in [0, 0.1) is 11.3 Å². The minimum absolute atomic E-state index is 0.00207. The molecule has 0 heterocycles. The molecule has 4 heteroatoms. The molecule has 0 spiro atoms. The number of amidine groups is 1. The van der Waals surface area contributed by atoms with Crippen LogP contribution in [0.25, 0.3) is 0 Å². The average molecular weight is 275 g/mol. The molecular formula is C16H25N3O. The summed E-state index contributed by atoms with van der Waals surface area (Å²) in [6.45, 7) is 7.91. The predicted octanol–water partition coefficient (Wildman–Crippen LogP) is 2.10. The Morgan fingerprint density at radius 2 is 1.95 bits per heavy atom. The lowest BCUT2D eigenvalue weighted by Gasteiger charge is -2.22. The topological polar surface area (TPSA) is 79.0 Å². The molecular weight excluding hydrogens is 250 g/mol. The van der Waals surface area contributed by atoms with Gasteiger partial charge in [0.15, 0.2) is 5.78 Å². The van der Waals surface area contributed by atoms with Crippen LogP contribution in [-0.2, 0) is 11.2 Å². The van der Waals surface area contributed by atoms with Crippen molar-refractivity contribution in [3.05, 3.63) is 35.4 Å². The first-order valence-corrected chi connectivity index (χ1v) is 7.04. The number of Topliss-reactive ketones (excluding diaryl/α,β-unsaturated/α-hetero) is 1. The SMILES string of the molecule is CC(C)NC(Cc1cccc(C(=N)N)c1)C(=O)C(C)C. The molecule has 1 aromatic rings. The summed E-state index contributed by atoms with van der Waals surface area (Å²) in [4.78, 5) is 12.3. The van der Waals surface area contributed by atoms with Crippen molar-refractivity contribution in [2.75, 3.05) is 0 Å². The van der Waals surface area contributed by atoms with Gasteiger partial charge >= 0.3 is 0 Å². The van der Waals surface area contributed by atoms with Crippen molar-refractivity contribution in [1.82, 2.24) is 5.32 Å². The third kappa shape index (κ3) is 4.78. The van der Waals surface area contributed by atoms with Crippen molar-refractivity contribution >= 4 is 11.6 Å². The zero-order valence-corrected chi connectivity index (χ0v) is 12.7. The predicted molar refractivity (Wildman–Crippen MR) is 83.1 cm³/mol.